The molecule has 7 fully saturated rings. The Morgan fingerprint density at radius 3 is 0.792 bits per heavy atom. The van der Waals surface area contributed by atoms with Crippen LogP contribution in [0.25, 0.3) is 11.1 Å². The first-order chi connectivity index (χ1) is 49.1. The molecule has 2 heteroatoms. The highest BCUT2D eigenvalue weighted by Crippen LogP contribution is 2.45. The van der Waals surface area contributed by atoms with Crippen LogP contribution in [-0.2, 0) is 4.79 Å². The fourth-order valence-corrected chi connectivity index (χ4v) is 15.4. The predicted octanol–water partition coefficient (Wildman–Crippen LogP) is 34.1. The standard InChI is InChI=1S/C19H28.C19H22.C14H18O2.C13H24.C13H18.10C2H6.CH4/c2*1-15-7-9-17(10-8-15)19-13-11-18(12-14-19)16-5-3-2-4-6-16;1-11-7-9-12(10-8-11)14(15)16-13-5-3-2-4-6-13;2*1-11-7-9-13(10-8-11)12-5-3-2-4-6-12;10*1-2;/h2-6,15,17-19H,7-14H2,1H3;2-6,11-15,17H,7-10H2,1H3;2-6,11-12H,7-10H2,1H3;11-13H,2-10H2,1H3;2-6,11,13H,7-10H2,1H3;10*1-2H3;1H4. The van der Waals surface area contributed by atoms with Gasteiger partial charge in [-0.2, -0.15) is 0 Å². The highest BCUT2D eigenvalue weighted by Gasteiger charge is 2.31. The minimum absolute atomic E-state index is 0. The third-order valence-electron chi connectivity index (χ3n) is 21.2. The third kappa shape index (κ3) is 44.2. The Bertz CT molecular complexity index is 2360. The largest absolute Gasteiger partial charge is 0.426 e. The van der Waals surface area contributed by atoms with Crippen molar-refractivity contribution in [2.45, 2.75) is 384 Å². The number of hydrogen-bond donors (Lipinski definition) is 0. The molecule has 0 atom stereocenters. The molecular weight excluding hydrogens is 1220 g/mol. The molecule has 0 aliphatic heterocycles. The molecule has 0 bridgehead atoms. The van der Waals surface area contributed by atoms with Crippen LogP contribution in [0.15, 0.2) is 146 Å². The van der Waals surface area contributed by atoms with Crippen molar-refractivity contribution in [1.29, 1.82) is 0 Å². The van der Waals surface area contributed by atoms with E-state index >= 15 is 0 Å². The van der Waals surface area contributed by atoms with E-state index < -0.39 is 0 Å². The fraction of sp³-hybridized carbons (Fsp3) is 0.687. The summed E-state index contributed by atoms with van der Waals surface area (Å²) in [5.74, 6) is 12.2. The topological polar surface area (TPSA) is 26.3 Å². The van der Waals surface area contributed by atoms with Gasteiger partial charge in [0, 0.05) is 0 Å². The summed E-state index contributed by atoms with van der Waals surface area (Å²) in [6.07, 6.45) is 41.0. The SMILES string of the molecule is C.CC.CC.CC.CC.CC.CC.CC.CC.CC.CC.CC1CCC(C(=O)Oc2ccccc2)CC1.CC1CCC(C2CCC(c3ccccc3)CC2)CC1.CC1CCC(C2CCCCC2)CC1.CC1CCC(c2ccc(-c3ccccc3)cc2)CC1.CC1CCC(c2ccccc2)CC1. The van der Waals surface area contributed by atoms with Gasteiger partial charge in [0.2, 0.25) is 0 Å². The number of benzene rings is 5. The fourth-order valence-electron chi connectivity index (χ4n) is 15.4. The van der Waals surface area contributed by atoms with Crippen molar-refractivity contribution in [1.82, 2.24) is 0 Å². The van der Waals surface area contributed by atoms with Gasteiger partial charge in [-0.3, -0.25) is 4.79 Å². The predicted molar refractivity (Wildman–Crippen MR) is 462 cm³/mol. The van der Waals surface area contributed by atoms with Crippen molar-refractivity contribution in [2.24, 2.45) is 59.2 Å². The van der Waals surface area contributed by atoms with Crippen LogP contribution in [0.4, 0.5) is 0 Å². The van der Waals surface area contributed by atoms with E-state index in [1.165, 1.54) is 152 Å². The molecule has 7 aliphatic carbocycles. The Hall–Kier alpha value is -4.43. The van der Waals surface area contributed by atoms with Crippen LogP contribution in [0.1, 0.15) is 401 Å². The lowest BCUT2D eigenvalue weighted by Gasteiger charge is -2.37. The first kappa shape index (κ1) is 103. The molecule has 0 saturated heterocycles. The lowest BCUT2D eigenvalue weighted by atomic mass is 9.68. The number of esters is 1. The number of carbonyl (C=O) groups is 1. The summed E-state index contributed by atoms with van der Waals surface area (Å²) in [7, 11) is 0. The highest BCUT2D eigenvalue weighted by molar-refractivity contribution is 5.75. The molecule has 0 radical (unpaired) electrons. The zero-order chi connectivity index (χ0) is 75.7. The minimum atomic E-state index is -0.0573. The molecule has 0 heterocycles. The van der Waals surface area contributed by atoms with E-state index in [4.69, 9.17) is 4.74 Å². The average molecular weight is 1400 g/mol. The molecule has 0 N–H and O–H groups in total. The monoisotopic (exact) mass is 1400 g/mol. The molecule has 2 nitrogen and oxygen atoms in total. The van der Waals surface area contributed by atoms with Gasteiger partial charge in [-0.1, -0.05) is 397 Å². The van der Waals surface area contributed by atoms with Crippen molar-refractivity contribution in [3.8, 4) is 16.9 Å². The quantitative estimate of drug-likeness (QED) is 0.114. The minimum Gasteiger partial charge on any atom is -0.426 e. The van der Waals surface area contributed by atoms with Gasteiger partial charge >= 0.3 is 5.97 Å². The van der Waals surface area contributed by atoms with E-state index in [-0.39, 0.29) is 19.3 Å². The van der Waals surface area contributed by atoms with Crippen molar-refractivity contribution >= 4 is 5.97 Å². The van der Waals surface area contributed by atoms with E-state index in [1.54, 1.807) is 36.8 Å². The zero-order valence-electron chi connectivity index (χ0n) is 71.2. The molecule has 582 valence electrons. The van der Waals surface area contributed by atoms with E-state index in [1.807, 2.05) is 169 Å². The number of carbonyl (C=O) groups excluding carboxylic acids is 1. The molecule has 5 aromatic carbocycles. The van der Waals surface area contributed by atoms with Crippen LogP contribution in [-0.4, -0.2) is 5.97 Å². The molecule has 0 amide bonds. The molecular formula is C99H174O2. The van der Waals surface area contributed by atoms with Crippen LogP contribution in [0, 0.1) is 59.2 Å². The van der Waals surface area contributed by atoms with E-state index in [2.05, 4.69) is 150 Å². The van der Waals surface area contributed by atoms with Crippen molar-refractivity contribution < 1.29 is 9.53 Å². The molecule has 5 aromatic rings. The summed E-state index contributed by atoms with van der Waals surface area (Å²) >= 11 is 0. The lowest BCUT2D eigenvalue weighted by molar-refractivity contribution is -0.140. The van der Waals surface area contributed by atoms with E-state index in [0.717, 1.165) is 96.7 Å². The second-order valence-electron chi connectivity index (χ2n) is 27.5. The molecule has 7 saturated carbocycles. The van der Waals surface area contributed by atoms with Gasteiger partial charge in [-0.15, -0.1) is 0 Å². The smallest absolute Gasteiger partial charge is 0.314 e. The highest BCUT2D eigenvalue weighted by atomic mass is 16.5. The van der Waals surface area contributed by atoms with Gasteiger partial charge in [0.05, 0.1) is 5.92 Å². The van der Waals surface area contributed by atoms with Gasteiger partial charge in [0.15, 0.2) is 0 Å². The first-order valence-corrected chi connectivity index (χ1v) is 43.6. The Labute approximate surface area is 634 Å². The van der Waals surface area contributed by atoms with Crippen molar-refractivity contribution in [3.05, 3.63) is 162 Å². The number of para-hydroxylation sites is 1. The van der Waals surface area contributed by atoms with Crippen molar-refractivity contribution in [2.75, 3.05) is 0 Å². The summed E-state index contributed by atoms with van der Waals surface area (Å²) in [4.78, 5) is 11.9. The maximum atomic E-state index is 11.9. The van der Waals surface area contributed by atoms with E-state index in [0.29, 0.717) is 5.75 Å². The molecule has 7 aliphatic rings. The maximum absolute atomic E-state index is 11.9. The molecule has 0 unspecified atom stereocenters. The molecule has 101 heavy (non-hydrogen) atoms. The van der Waals surface area contributed by atoms with Gasteiger partial charge in [-0.05, 0) is 214 Å². The molecule has 12 rings (SSSR count). The Balaban J connectivity index is -0.000000549. The lowest BCUT2D eigenvalue weighted by Crippen LogP contribution is -2.24. The van der Waals surface area contributed by atoms with Crippen LogP contribution < -0.4 is 4.74 Å². The van der Waals surface area contributed by atoms with Crippen LogP contribution in [0.2, 0.25) is 0 Å². The van der Waals surface area contributed by atoms with Gasteiger partial charge < -0.3 is 4.74 Å². The van der Waals surface area contributed by atoms with Gasteiger partial charge in [-0.25, -0.2) is 0 Å². The zero-order valence-corrected chi connectivity index (χ0v) is 71.2. The number of rotatable bonds is 8. The Morgan fingerprint density at radius 2 is 0.475 bits per heavy atom. The molecule has 0 aromatic heterocycles. The number of ether oxygens (including phenoxy) is 1. The van der Waals surface area contributed by atoms with Crippen LogP contribution in [0.3, 0.4) is 0 Å². The average Bonchev–Trinajstić information content (AvgIpc) is 0.858. The second-order valence-corrected chi connectivity index (χ2v) is 27.5. The summed E-state index contributed by atoms with van der Waals surface area (Å²) < 4.78 is 5.35. The Kier molecular flexibility index (Phi) is 72.6. The number of hydrogen-bond acceptors (Lipinski definition) is 2. The summed E-state index contributed by atoms with van der Waals surface area (Å²) in [6, 6.07) is 51.4. The first-order valence-electron chi connectivity index (χ1n) is 43.6. The third-order valence-corrected chi connectivity index (χ3v) is 21.2. The van der Waals surface area contributed by atoms with Crippen molar-refractivity contribution in [3.63, 3.8) is 0 Å². The van der Waals surface area contributed by atoms with Gasteiger partial charge in [0.25, 0.3) is 0 Å². The second kappa shape index (κ2) is 71.2. The van der Waals surface area contributed by atoms with Gasteiger partial charge in [0.1, 0.15) is 5.75 Å². The van der Waals surface area contributed by atoms with Crippen LogP contribution >= 0.6 is 0 Å². The maximum Gasteiger partial charge on any atom is 0.314 e. The van der Waals surface area contributed by atoms with E-state index in [9.17, 15) is 4.79 Å². The summed E-state index contributed by atoms with van der Waals surface area (Å²) in [5.41, 5.74) is 7.30. The van der Waals surface area contributed by atoms with Crippen LogP contribution in [0.5, 0.6) is 5.75 Å². The normalized spacial score (nSPS) is 24.2. The summed E-state index contributed by atoms with van der Waals surface area (Å²) in [5, 5.41) is 0. The molecule has 0 spiro atoms. The Morgan fingerprint density at radius 1 is 0.248 bits per heavy atom. The summed E-state index contributed by atoms with van der Waals surface area (Å²) in [6.45, 7) is 51.9.